The van der Waals surface area contributed by atoms with Gasteiger partial charge in [-0.2, -0.15) is 4.72 Å². The summed E-state index contributed by atoms with van der Waals surface area (Å²) in [4.78, 5) is 17.7. The predicted molar refractivity (Wildman–Crippen MR) is 148 cm³/mol. The molecule has 2 aliphatic rings. The Bertz CT molecular complexity index is 1440. The lowest BCUT2D eigenvalue weighted by Gasteiger charge is -2.36. The van der Waals surface area contributed by atoms with E-state index in [2.05, 4.69) is 9.62 Å². The molecule has 1 atom stereocenters. The highest BCUT2D eigenvalue weighted by molar-refractivity contribution is 7.89. The molecule has 1 fully saturated rings. The Morgan fingerprint density at radius 2 is 1.60 bits per heavy atom. The van der Waals surface area contributed by atoms with Crippen LogP contribution in [0.2, 0.25) is 0 Å². The Hall–Kier alpha value is -3.80. The second-order valence-electron chi connectivity index (χ2n) is 9.67. The number of nitrogens with zero attached hydrogens (tertiary/aromatic N) is 2. The first-order valence-electron chi connectivity index (χ1n) is 13.0. The first-order valence-corrected chi connectivity index (χ1v) is 14.5. The van der Waals surface area contributed by atoms with E-state index in [1.807, 2.05) is 48.5 Å². The van der Waals surface area contributed by atoms with E-state index in [1.165, 1.54) is 32.4 Å². The van der Waals surface area contributed by atoms with E-state index in [1.54, 1.807) is 4.90 Å². The molecular formula is C29H33N3O7S. The van der Waals surface area contributed by atoms with Crippen molar-refractivity contribution in [1.29, 1.82) is 0 Å². The van der Waals surface area contributed by atoms with E-state index in [-0.39, 0.29) is 29.8 Å². The number of nitrogens with one attached hydrogen (secondary N) is 1. The largest absolute Gasteiger partial charge is 0.493 e. The Labute approximate surface area is 234 Å². The van der Waals surface area contributed by atoms with Crippen LogP contribution in [0.3, 0.4) is 0 Å². The molecule has 40 heavy (non-hydrogen) atoms. The molecule has 0 unspecified atom stereocenters. The van der Waals surface area contributed by atoms with Crippen molar-refractivity contribution in [2.75, 3.05) is 47.2 Å². The molecule has 2 aliphatic heterocycles. The van der Waals surface area contributed by atoms with E-state index in [4.69, 9.17) is 18.9 Å². The zero-order valence-corrected chi connectivity index (χ0v) is 23.4. The van der Waals surface area contributed by atoms with Gasteiger partial charge in [-0.15, -0.1) is 0 Å². The summed E-state index contributed by atoms with van der Waals surface area (Å²) in [6.45, 7) is 3.28. The van der Waals surface area contributed by atoms with Gasteiger partial charge in [-0.25, -0.2) is 8.42 Å². The molecule has 10 nitrogen and oxygen atoms in total. The summed E-state index contributed by atoms with van der Waals surface area (Å²) < 4.78 is 50.9. The molecule has 0 bridgehead atoms. The molecule has 0 spiro atoms. The highest BCUT2D eigenvalue weighted by atomic mass is 32.2. The third-order valence-electron chi connectivity index (χ3n) is 7.07. The van der Waals surface area contributed by atoms with Crippen molar-refractivity contribution in [3.63, 3.8) is 0 Å². The molecule has 5 rings (SSSR count). The van der Waals surface area contributed by atoms with Crippen molar-refractivity contribution < 1.29 is 32.2 Å². The van der Waals surface area contributed by atoms with Crippen molar-refractivity contribution >= 4 is 15.9 Å². The summed E-state index contributed by atoms with van der Waals surface area (Å²) >= 11 is 0. The van der Waals surface area contributed by atoms with Gasteiger partial charge >= 0.3 is 0 Å². The van der Waals surface area contributed by atoms with Gasteiger partial charge in [0.05, 0.1) is 19.1 Å². The number of amides is 1. The maximum absolute atomic E-state index is 13.7. The van der Waals surface area contributed by atoms with Crippen LogP contribution in [0.4, 0.5) is 0 Å². The van der Waals surface area contributed by atoms with Gasteiger partial charge in [0.2, 0.25) is 22.7 Å². The number of benzene rings is 3. The normalized spacial score (nSPS) is 16.0. The van der Waals surface area contributed by atoms with E-state index >= 15 is 0 Å². The van der Waals surface area contributed by atoms with Crippen LogP contribution >= 0.6 is 0 Å². The van der Waals surface area contributed by atoms with E-state index in [9.17, 15) is 13.2 Å². The monoisotopic (exact) mass is 567 g/mol. The van der Waals surface area contributed by atoms with E-state index < -0.39 is 16.1 Å². The fourth-order valence-electron chi connectivity index (χ4n) is 4.91. The summed E-state index contributed by atoms with van der Waals surface area (Å²) in [6, 6.07) is 18.7. The Kier molecular flexibility index (Phi) is 8.43. The van der Waals surface area contributed by atoms with Gasteiger partial charge < -0.3 is 23.8 Å². The lowest BCUT2D eigenvalue weighted by Crippen LogP contribution is -2.55. The van der Waals surface area contributed by atoms with Crippen molar-refractivity contribution in [1.82, 2.24) is 14.5 Å². The number of hydrogen-bond acceptors (Lipinski definition) is 8. The van der Waals surface area contributed by atoms with Gasteiger partial charge in [0.1, 0.15) is 6.04 Å². The van der Waals surface area contributed by atoms with Crippen molar-refractivity contribution in [2.24, 2.45) is 0 Å². The number of fused-ring (bicyclic) bond motifs is 1. The number of carbonyl (C=O) groups excluding carboxylic acids is 1. The Balaban J connectivity index is 1.28. The lowest BCUT2D eigenvalue weighted by molar-refractivity contribution is -0.134. The fraction of sp³-hybridized carbons (Fsp3) is 0.345. The van der Waals surface area contributed by atoms with Crippen molar-refractivity contribution in [3.8, 4) is 23.0 Å². The van der Waals surface area contributed by atoms with Crippen LogP contribution in [-0.2, 0) is 27.8 Å². The van der Waals surface area contributed by atoms with Crippen LogP contribution in [-0.4, -0.2) is 77.4 Å². The van der Waals surface area contributed by atoms with Gasteiger partial charge in [-0.05, 0) is 41.8 Å². The highest BCUT2D eigenvalue weighted by Crippen LogP contribution is 2.33. The maximum atomic E-state index is 13.7. The number of sulfonamides is 1. The van der Waals surface area contributed by atoms with Crippen molar-refractivity contribution in [2.45, 2.75) is 23.9 Å². The summed E-state index contributed by atoms with van der Waals surface area (Å²) in [5.74, 6) is 1.94. The van der Waals surface area contributed by atoms with E-state index in [0.29, 0.717) is 31.9 Å². The van der Waals surface area contributed by atoms with Gasteiger partial charge in [-0.3, -0.25) is 9.69 Å². The molecule has 0 saturated carbocycles. The molecule has 0 aliphatic carbocycles. The molecule has 11 heteroatoms. The predicted octanol–water partition coefficient (Wildman–Crippen LogP) is 2.67. The summed E-state index contributed by atoms with van der Waals surface area (Å²) in [5.41, 5.74) is 1.96. The van der Waals surface area contributed by atoms with Gasteiger partial charge in [0.15, 0.2) is 23.0 Å². The summed E-state index contributed by atoms with van der Waals surface area (Å²) in [6.07, 6.45) is 0.226. The number of hydrogen-bond donors (Lipinski definition) is 1. The average molecular weight is 568 g/mol. The van der Waals surface area contributed by atoms with Gasteiger partial charge in [0, 0.05) is 38.8 Å². The molecule has 0 radical (unpaired) electrons. The van der Waals surface area contributed by atoms with Crippen LogP contribution < -0.4 is 23.7 Å². The number of methoxy groups -OCH3 is 2. The smallest absolute Gasteiger partial charge is 0.241 e. The number of ether oxygens (including phenoxy) is 4. The quantitative estimate of drug-likeness (QED) is 0.399. The highest BCUT2D eigenvalue weighted by Gasteiger charge is 2.32. The van der Waals surface area contributed by atoms with Gasteiger partial charge in [0.25, 0.3) is 0 Å². The standard InChI is InChI=1S/C29H33N3O7S/c1-36-25-11-9-23(18-27(25)37-2)40(34,35)30-24(16-21-6-4-3-5-7-21)29(33)32-14-12-31(13-15-32)19-22-8-10-26-28(17-22)39-20-38-26/h3-11,17-18,24,30H,12-16,19-20H2,1-2H3/t24-/m1/s1. The SMILES string of the molecule is COc1ccc(S(=O)(=O)N[C@H](Cc2ccccc2)C(=O)N2CCN(Cc3ccc4c(c3)OCO4)CC2)cc1OC. The molecule has 1 amide bonds. The molecule has 1 N–H and O–H groups in total. The van der Waals surface area contributed by atoms with E-state index in [0.717, 1.165) is 29.2 Å². The third-order valence-corrected chi connectivity index (χ3v) is 8.54. The summed E-state index contributed by atoms with van der Waals surface area (Å²) in [7, 11) is -1.12. The molecule has 3 aromatic rings. The molecule has 2 heterocycles. The van der Waals surface area contributed by atoms with Crippen LogP contribution in [0, 0.1) is 0 Å². The molecule has 0 aromatic heterocycles. The van der Waals surface area contributed by atoms with Crippen LogP contribution in [0.5, 0.6) is 23.0 Å². The second kappa shape index (κ2) is 12.2. The molecule has 212 valence electrons. The minimum atomic E-state index is -4.04. The minimum Gasteiger partial charge on any atom is -0.493 e. The topological polar surface area (TPSA) is 107 Å². The maximum Gasteiger partial charge on any atom is 0.241 e. The first-order chi connectivity index (χ1) is 19.4. The third kappa shape index (κ3) is 6.33. The van der Waals surface area contributed by atoms with Crippen LogP contribution in [0.25, 0.3) is 0 Å². The molecule has 1 saturated heterocycles. The second-order valence-corrected chi connectivity index (χ2v) is 11.4. The summed E-state index contributed by atoms with van der Waals surface area (Å²) in [5, 5.41) is 0. The lowest BCUT2D eigenvalue weighted by atomic mass is 10.1. The zero-order chi connectivity index (χ0) is 28.1. The van der Waals surface area contributed by atoms with Gasteiger partial charge in [-0.1, -0.05) is 36.4 Å². The molecule has 3 aromatic carbocycles. The average Bonchev–Trinajstić information content (AvgIpc) is 3.45. The minimum absolute atomic E-state index is 0.00967. The number of carbonyl (C=O) groups is 1. The molecular weight excluding hydrogens is 534 g/mol. The van der Waals surface area contributed by atoms with Crippen LogP contribution in [0.15, 0.2) is 71.6 Å². The number of rotatable bonds is 10. The number of piperazine rings is 1. The first kappa shape index (κ1) is 27.8. The van der Waals surface area contributed by atoms with Crippen LogP contribution in [0.1, 0.15) is 11.1 Å². The Morgan fingerprint density at radius 3 is 2.33 bits per heavy atom. The zero-order valence-electron chi connectivity index (χ0n) is 22.5. The fourth-order valence-corrected chi connectivity index (χ4v) is 6.12. The van der Waals surface area contributed by atoms with Crippen molar-refractivity contribution in [3.05, 3.63) is 77.9 Å². The Morgan fingerprint density at radius 1 is 0.875 bits per heavy atom.